The van der Waals surface area contributed by atoms with E-state index < -0.39 is 10.0 Å². The summed E-state index contributed by atoms with van der Waals surface area (Å²) >= 11 is 0. The SMILES string of the molecule is CN1C(=O)Cc2cc(S(=O)(=O)NCCc3cc(-c4ccccc4)on3)ccc21. The highest BCUT2D eigenvalue weighted by atomic mass is 32.2. The van der Waals surface area contributed by atoms with E-state index in [2.05, 4.69) is 9.88 Å². The molecule has 1 aromatic heterocycles. The van der Waals surface area contributed by atoms with E-state index in [9.17, 15) is 13.2 Å². The first-order chi connectivity index (χ1) is 13.4. The van der Waals surface area contributed by atoms with Crippen LogP contribution in [0.5, 0.6) is 0 Å². The highest BCUT2D eigenvalue weighted by Crippen LogP contribution is 2.29. The van der Waals surface area contributed by atoms with Crippen molar-refractivity contribution in [3.63, 3.8) is 0 Å². The molecule has 2 heterocycles. The fourth-order valence-corrected chi connectivity index (χ4v) is 4.26. The third-order valence-corrected chi connectivity index (χ3v) is 6.19. The quantitative estimate of drug-likeness (QED) is 0.689. The van der Waals surface area contributed by atoms with E-state index in [1.807, 2.05) is 30.3 Å². The normalized spacial score (nSPS) is 13.8. The van der Waals surface area contributed by atoms with Gasteiger partial charge in [-0.15, -0.1) is 0 Å². The van der Waals surface area contributed by atoms with Gasteiger partial charge in [0, 0.05) is 37.3 Å². The van der Waals surface area contributed by atoms with Gasteiger partial charge < -0.3 is 9.42 Å². The number of benzene rings is 2. The van der Waals surface area contributed by atoms with Crippen LogP contribution in [0, 0.1) is 0 Å². The Morgan fingerprint density at radius 1 is 1.14 bits per heavy atom. The molecule has 7 nitrogen and oxygen atoms in total. The van der Waals surface area contributed by atoms with E-state index in [4.69, 9.17) is 4.52 Å². The average Bonchev–Trinajstić information content (AvgIpc) is 3.27. The van der Waals surface area contributed by atoms with Crippen LogP contribution in [-0.2, 0) is 27.7 Å². The smallest absolute Gasteiger partial charge is 0.240 e. The Balaban J connectivity index is 1.41. The van der Waals surface area contributed by atoms with Gasteiger partial charge in [-0.1, -0.05) is 35.5 Å². The number of aromatic nitrogens is 1. The van der Waals surface area contributed by atoms with Crippen molar-refractivity contribution in [1.82, 2.24) is 9.88 Å². The monoisotopic (exact) mass is 397 g/mol. The highest BCUT2D eigenvalue weighted by molar-refractivity contribution is 7.89. The fourth-order valence-electron chi connectivity index (χ4n) is 3.18. The van der Waals surface area contributed by atoms with Crippen molar-refractivity contribution in [1.29, 1.82) is 0 Å². The van der Waals surface area contributed by atoms with E-state index in [1.54, 1.807) is 25.2 Å². The van der Waals surface area contributed by atoms with Crippen molar-refractivity contribution >= 4 is 21.6 Å². The number of hydrogen-bond acceptors (Lipinski definition) is 5. The van der Waals surface area contributed by atoms with Gasteiger partial charge >= 0.3 is 0 Å². The van der Waals surface area contributed by atoms with Crippen molar-refractivity contribution in [2.45, 2.75) is 17.7 Å². The minimum absolute atomic E-state index is 0.0437. The summed E-state index contributed by atoms with van der Waals surface area (Å²) in [5.41, 5.74) is 3.06. The molecule has 1 aliphatic rings. The lowest BCUT2D eigenvalue weighted by atomic mass is 10.1. The zero-order valence-electron chi connectivity index (χ0n) is 15.3. The van der Waals surface area contributed by atoms with E-state index in [0.717, 1.165) is 16.8 Å². The molecule has 144 valence electrons. The molecule has 0 unspecified atom stereocenters. The van der Waals surface area contributed by atoms with E-state index in [1.165, 1.54) is 11.0 Å². The number of nitrogens with zero attached hydrogens (tertiary/aromatic N) is 2. The number of nitrogens with one attached hydrogen (secondary N) is 1. The number of anilines is 1. The molecule has 2 aromatic carbocycles. The molecule has 4 rings (SSSR count). The Hall–Kier alpha value is -2.97. The zero-order chi connectivity index (χ0) is 19.7. The van der Waals surface area contributed by atoms with E-state index >= 15 is 0 Å². The van der Waals surface area contributed by atoms with Crippen LogP contribution in [0.3, 0.4) is 0 Å². The first kappa shape index (κ1) is 18.4. The van der Waals surface area contributed by atoms with Gasteiger partial charge in [0.05, 0.1) is 17.0 Å². The second kappa shape index (κ2) is 7.21. The van der Waals surface area contributed by atoms with E-state index in [-0.39, 0.29) is 23.8 Å². The standard InChI is InChI=1S/C20H19N3O4S/c1-23-18-8-7-17(11-15(18)12-20(23)24)28(25,26)21-10-9-16-13-19(27-22-16)14-5-3-2-4-6-14/h2-8,11,13,21H,9-10,12H2,1H3. The summed E-state index contributed by atoms with van der Waals surface area (Å²) in [5, 5.41) is 4.00. The number of sulfonamides is 1. The average molecular weight is 397 g/mol. The molecule has 28 heavy (non-hydrogen) atoms. The van der Waals surface area contributed by atoms with Gasteiger partial charge in [-0.2, -0.15) is 0 Å². The lowest BCUT2D eigenvalue weighted by Crippen LogP contribution is -2.26. The highest BCUT2D eigenvalue weighted by Gasteiger charge is 2.26. The van der Waals surface area contributed by atoms with Gasteiger partial charge in [-0.25, -0.2) is 13.1 Å². The lowest BCUT2D eigenvalue weighted by Gasteiger charge is -2.11. The van der Waals surface area contributed by atoms with Crippen LogP contribution in [0.2, 0.25) is 0 Å². The molecule has 0 saturated carbocycles. The van der Waals surface area contributed by atoms with Gasteiger partial charge in [-0.05, 0) is 23.8 Å². The molecule has 1 aliphatic heterocycles. The Bertz CT molecular complexity index is 1120. The van der Waals surface area contributed by atoms with Crippen molar-refractivity contribution in [2.75, 3.05) is 18.5 Å². The van der Waals surface area contributed by atoms with Crippen LogP contribution < -0.4 is 9.62 Å². The molecular formula is C20H19N3O4S. The molecule has 0 saturated heterocycles. The first-order valence-corrected chi connectivity index (χ1v) is 10.3. The van der Waals surface area contributed by atoms with E-state index in [0.29, 0.717) is 17.9 Å². The molecule has 0 radical (unpaired) electrons. The van der Waals surface area contributed by atoms with Crippen LogP contribution in [0.25, 0.3) is 11.3 Å². The number of fused-ring (bicyclic) bond motifs is 1. The summed E-state index contributed by atoms with van der Waals surface area (Å²) in [7, 11) is -1.99. The number of carbonyl (C=O) groups is 1. The molecule has 0 spiro atoms. The summed E-state index contributed by atoms with van der Waals surface area (Å²) in [6, 6.07) is 16.1. The minimum atomic E-state index is -3.67. The number of likely N-dealkylation sites (N-methyl/N-ethyl adjacent to an activating group) is 1. The summed E-state index contributed by atoms with van der Waals surface area (Å²) in [4.78, 5) is 13.5. The molecule has 0 aliphatic carbocycles. The Morgan fingerprint density at radius 3 is 2.71 bits per heavy atom. The van der Waals surface area contributed by atoms with Crippen molar-refractivity contribution in [3.8, 4) is 11.3 Å². The molecule has 1 N–H and O–H groups in total. The maximum absolute atomic E-state index is 12.6. The zero-order valence-corrected chi connectivity index (χ0v) is 16.1. The summed E-state index contributed by atoms with van der Waals surface area (Å²) < 4.78 is 33.0. The van der Waals surface area contributed by atoms with Crippen LogP contribution in [0.1, 0.15) is 11.3 Å². The molecular weight excluding hydrogens is 378 g/mol. The third-order valence-electron chi connectivity index (χ3n) is 4.73. The Kier molecular flexibility index (Phi) is 4.74. The number of rotatable bonds is 6. The molecule has 1 amide bonds. The molecule has 8 heteroatoms. The molecule has 0 atom stereocenters. The topological polar surface area (TPSA) is 92.5 Å². The second-order valence-corrected chi connectivity index (χ2v) is 8.38. The number of amides is 1. The third kappa shape index (κ3) is 3.56. The predicted octanol–water partition coefficient (Wildman–Crippen LogP) is 2.38. The predicted molar refractivity (Wildman–Crippen MR) is 104 cm³/mol. The maximum Gasteiger partial charge on any atom is 0.240 e. The maximum atomic E-state index is 12.6. The second-order valence-electron chi connectivity index (χ2n) is 6.62. The fraction of sp³-hybridized carbons (Fsp3) is 0.200. The van der Waals surface area contributed by atoms with Crippen LogP contribution >= 0.6 is 0 Å². The Labute approximate surface area is 163 Å². The summed E-state index contributed by atoms with van der Waals surface area (Å²) in [5.74, 6) is 0.601. The van der Waals surface area contributed by atoms with Crippen LogP contribution in [0.15, 0.2) is 64.0 Å². The first-order valence-electron chi connectivity index (χ1n) is 8.84. The summed E-state index contributed by atoms with van der Waals surface area (Å²) in [6.45, 7) is 0.193. The van der Waals surface area contributed by atoms with Crippen LogP contribution in [0.4, 0.5) is 5.69 Å². The van der Waals surface area contributed by atoms with Gasteiger partial charge in [0.25, 0.3) is 0 Å². The van der Waals surface area contributed by atoms with Gasteiger partial charge in [0.15, 0.2) is 5.76 Å². The van der Waals surface area contributed by atoms with Crippen molar-refractivity contribution in [3.05, 3.63) is 65.9 Å². The number of hydrogen-bond donors (Lipinski definition) is 1. The molecule has 0 bridgehead atoms. The Morgan fingerprint density at radius 2 is 1.93 bits per heavy atom. The van der Waals surface area contributed by atoms with Gasteiger partial charge in [-0.3, -0.25) is 4.79 Å². The lowest BCUT2D eigenvalue weighted by molar-refractivity contribution is -0.117. The van der Waals surface area contributed by atoms with Gasteiger partial charge in [0.1, 0.15) is 0 Å². The van der Waals surface area contributed by atoms with Crippen LogP contribution in [-0.4, -0.2) is 33.1 Å². The minimum Gasteiger partial charge on any atom is -0.356 e. The van der Waals surface area contributed by atoms with Crippen molar-refractivity contribution < 1.29 is 17.7 Å². The largest absolute Gasteiger partial charge is 0.356 e. The summed E-state index contributed by atoms with van der Waals surface area (Å²) in [6.07, 6.45) is 0.623. The number of carbonyl (C=O) groups excluding carboxylic acids is 1. The van der Waals surface area contributed by atoms with Gasteiger partial charge in [0.2, 0.25) is 15.9 Å². The molecule has 0 fully saturated rings. The van der Waals surface area contributed by atoms with Crippen molar-refractivity contribution in [2.24, 2.45) is 0 Å². The molecule has 3 aromatic rings.